The van der Waals surface area contributed by atoms with Crippen LogP contribution in [0.25, 0.3) is 11.3 Å². The molecule has 0 bridgehead atoms. The Balaban J connectivity index is 0.000000547. The lowest BCUT2D eigenvalue weighted by atomic mass is 10.0. The number of carboxylic acid groups (broad SMARTS) is 2. The number of rotatable bonds is 5. The summed E-state index contributed by atoms with van der Waals surface area (Å²) in [5.41, 5.74) is 3.64. The van der Waals surface area contributed by atoms with Gasteiger partial charge in [0.25, 0.3) is 12.9 Å². The molecule has 4 rings (SSSR count). The van der Waals surface area contributed by atoms with Gasteiger partial charge in [0, 0.05) is 30.4 Å². The molecule has 1 aromatic heterocycles. The number of nitrogens with zero attached hydrogens (tertiary/aromatic N) is 3. The number of pyridine rings is 1. The summed E-state index contributed by atoms with van der Waals surface area (Å²) in [7, 11) is 6.79. The molecule has 2 unspecified atom stereocenters. The molecule has 2 fully saturated rings. The van der Waals surface area contributed by atoms with Gasteiger partial charge in [-0.2, -0.15) is 0 Å². The third-order valence-corrected chi connectivity index (χ3v) is 6.67. The Kier molecular flexibility index (Phi) is 10.3. The molecule has 0 amide bonds. The van der Waals surface area contributed by atoms with Gasteiger partial charge in [0.05, 0.1) is 5.69 Å². The van der Waals surface area contributed by atoms with E-state index in [2.05, 4.69) is 66.3 Å². The van der Waals surface area contributed by atoms with Crippen molar-refractivity contribution in [3.8, 4) is 11.3 Å². The molecule has 0 spiro atoms. The van der Waals surface area contributed by atoms with Crippen LogP contribution in [0.15, 0.2) is 48.7 Å². The van der Waals surface area contributed by atoms with E-state index in [0.29, 0.717) is 0 Å². The number of hydrogen-bond donors (Lipinski definition) is 2. The van der Waals surface area contributed by atoms with E-state index in [1.54, 1.807) is 0 Å². The predicted octanol–water partition coefficient (Wildman–Crippen LogP) is 3.70. The summed E-state index contributed by atoms with van der Waals surface area (Å²) in [6.45, 7) is 0.545. The van der Waals surface area contributed by atoms with Crippen molar-refractivity contribution in [2.45, 2.75) is 44.3 Å². The van der Waals surface area contributed by atoms with Crippen molar-refractivity contribution in [2.24, 2.45) is 11.8 Å². The molecule has 0 aliphatic heterocycles. The minimum Gasteiger partial charge on any atom is -0.483 e. The fraction of sp³-hybridized carbons (Fsp3) is 0.480. The van der Waals surface area contributed by atoms with Gasteiger partial charge in [-0.1, -0.05) is 30.3 Å². The van der Waals surface area contributed by atoms with Gasteiger partial charge in [0.1, 0.15) is 0 Å². The summed E-state index contributed by atoms with van der Waals surface area (Å²) < 4.78 is 0. The second-order valence-electron chi connectivity index (χ2n) is 8.77. The summed E-state index contributed by atoms with van der Waals surface area (Å²) in [4.78, 5) is 26.2. The molecule has 7 heteroatoms. The van der Waals surface area contributed by atoms with Crippen molar-refractivity contribution in [1.82, 2.24) is 14.8 Å². The van der Waals surface area contributed by atoms with Crippen LogP contribution in [0.5, 0.6) is 0 Å². The van der Waals surface area contributed by atoms with Gasteiger partial charge in [-0.15, -0.1) is 0 Å². The third kappa shape index (κ3) is 7.14. The predicted molar refractivity (Wildman–Crippen MR) is 125 cm³/mol. The minimum atomic E-state index is -0.250. The zero-order chi connectivity index (χ0) is 23.5. The first-order valence-corrected chi connectivity index (χ1v) is 11.0. The SMILES string of the molecule is CN(C)C1C[C@@H]2CC(N(C)Cc3ccc(-c4ccccn4)cc3)C[C@@H]2C1.O=CO.O=CO. The molecule has 2 aliphatic carbocycles. The van der Waals surface area contributed by atoms with E-state index in [1.165, 1.54) is 36.8 Å². The quantitative estimate of drug-likeness (QED) is 0.683. The maximum absolute atomic E-state index is 8.36. The molecular formula is C25H35N3O4. The Labute approximate surface area is 190 Å². The Morgan fingerprint density at radius 2 is 1.41 bits per heavy atom. The first kappa shape index (κ1) is 25.5. The highest BCUT2D eigenvalue weighted by Gasteiger charge is 2.43. The van der Waals surface area contributed by atoms with Crippen LogP contribution >= 0.6 is 0 Å². The first-order chi connectivity index (χ1) is 15.4. The van der Waals surface area contributed by atoms with E-state index in [4.69, 9.17) is 19.8 Å². The molecule has 2 aliphatic rings. The van der Waals surface area contributed by atoms with Crippen LogP contribution in [-0.2, 0) is 16.1 Å². The zero-order valence-electron chi connectivity index (χ0n) is 19.2. The molecule has 0 saturated heterocycles. The van der Waals surface area contributed by atoms with E-state index in [1.807, 2.05) is 18.3 Å². The summed E-state index contributed by atoms with van der Waals surface area (Å²) in [5, 5.41) is 13.8. The molecule has 4 atom stereocenters. The van der Waals surface area contributed by atoms with E-state index < -0.39 is 0 Å². The van der Waals surface area contributed by atoms with Gasteiger partial charge < -0.3 is 15.1 Å². The van der Waals surface area contributed by atoms with Crippen LogP contribution in [-0.4, -0.2) is 71.2 Å². The largest absolute Gasteiger partial charge is 0.483 e. The van der Waals surface area contributed by atoms with E-state index in [-0.39, 0.29) is 12.9 Å². The Morgan fingerprint density at radius 3 is 1.88 bits per heavy atom. The van der Waals surface area contributed by atoms with Crippen LogP contribution in [0.3, 0.4) is 0 Å². The molecule has 2 N–H and O–H groups in total. The molecule has 0 radical (unpaired) electrons. The number of fused-ring (bicyclic) bond motifs is 1. The van der Waals surface area contributed by atoms with Crippen LogP contribution in [0.1, 0.15) is 31.2 Å². The molecule has 174 valence electrons. The van der Waals surface area contributed by atoms with Crippen molar-refractivity contribution < 1.29 is 19.8 Å². The van der Waals surface area contributed by atoms with E-state index in [0.717, 1.165) is 36.2 Å². The molecule has 1 aromatic carbocycles. The lowest BCUT2D eigenvalue weighted by molar-refractivity contribution is -0.123. The van der Waals surface area contributed by atoms with Crippen LogP contribution in [0.2, 0.25) is 0 Å². The monoisotopic (exact) mass is 441 g/mol. The Hall–Kier alpha value is -2.77. The van der Waals surface area contributed by atoms with E-state index >= 15 is 0 Å². The van der Waals surface area contributed by atoms with Crippen molar-refractivity contribution in [3.05, 3.63) is 54.2 Å². The summed E-state index contributed by atoms with van der Waals surface area (Å²) >= 11 is 0. The number of carbonyl (C=O) groups is 2. The highest BCUT2D eigenvalue weighted by molar-refractivity contribution is 5.58. The number of aromatic nitrogens is 1. The van der Waals surface area contributed by atoms with Crippen molar-refractivity contribution in [2.75, 3.05) is 21.1 Å². The number of hydrogen-bond acceptors (Lipinski definition) is 5. The Bertz CT molecular complexity index is 794. The number of benzene rings is 1. The average Bonchev–Trinajstić information content (AvgIpc) is 3.36. The van der Waals surface area contributed by atoms with Crippen LogP contribution < -0.4 is 0 Å². The molecule has 1 heterocycles. The minimum absolute atomic E-state index is 0.250. The topological polar surface area (TPSA) is 94.0 Å². The van der Waals surface area contributed by atoms with Gasteiger partial charge in [0.15, 0.2) is 0 Å². The van der Waals surface area contributed by atoms with Gasteiger partial charge in [-0.25, -0.2) is 0 Å². The summed E-state index contributed by atoms with van der Waals surface area (Å²) in [5.74, 6) is 1.89. The smallest absolute Gasteiger partial charge is 0.290 e. The van der Waals surface area contributed by atoms with Gasteiger partial charge in [-0.05, 0) is 76.4 Å². The normalized spacial score (nSPS) is 23.5. The van der Waals surface area contributed by atoms with Crippen LogP contribution in [0, 0.1) is 11.8 Å². The standard InChI is InChI=1S/C23H31N3.2CH2O2/c1-25(2)21-12-19-14-22(15-20(19)13-21)26(3)16-17-7-9-18(10-8-17)23-6-4-5-11-24-23;2*2-1-3/h4-11,19-22H,12-16H2,1-3H3;2*1H,(H,2,3)/t19-,20+,21?,22?;;. The van der Waals surface area contributed by atoms with Gasteiger partial charge >= 0.3 is 0 Å². The fourth-order valence-corrected chi connectivity index (χ4v) is 5.07. The van der Waals surface area contributed by atoms with Crippen molar-refractivity contribution >= 4 is 12.9 Å². The van der Waals surface area contributed by atoms with Crippen LogP contribution in [0.4, 0.5) is 0 Å². The summed E-state index contributed by atoms with van der Waals surface area (Å²) in [6, 6.07) is 16.6. The molecule has 7 nitrogen and oxygen atoms in total. The highest BCUT2D eigenvalue weighted by Crippen LogP contribution is 2.46. The lowest BCUT2D eigenvalue weighted by Crippen LogP contribution is -2.31. The molecule has 32 heavy (non-hydrogen) atoms. The van der Waals surface area contributed by atoms with Crippen molar-refractivity contribution in [1.29, 1.82) is 0 Å². The van der Waals surface area contributed by atoms with Gasteiger partial charge in [-0.3, -0.25) is 19.5 Å². The second kappa shape index (κ2) is 12.9. The lowest BCUT2D eigenvalue weighted by Gasteiger charge is -2.27. The summed E-state index contributed by atoms with van der Waals surface area (Å²) in [6.07, 6.45) is 7.44. The maximum Gasteiger partial charge on any atom is 0.290 e. The zero-order valence-corrected chi connectivity index (χ0v) is 19.2. The molecule has 2 saturated carbocycles. The molecular weight excluding hydrogens is 406 g/mol. The maximum atomic E-state index is 8.36. The van der Waals surface area contributed by atoms with Gasteiger partial charge in [0.2, 0.25) is 0 Å². The highest BCUT2D eigenvalue weighted by atomic mass is 16.3. The Morgan fingerprint density at radius 1 is 0.875 bits per heavy atom. The van der Waals surface area contributed by atoms with E-state index in [9.17, 15) is 0 Å². The first-order valence-electron chi connectivity index (χ1n) is 11.0. The molecule has 2 aromatic rings. The van der Waals surface area contributed by atoms with Crippen molar-refractivity contribution in [3.63, 3.8) is 0 Å². The third-order valence-electron chi connectivity index (χ3n) is 6.67. The second-order valence-corrected chi connectivity index (χ2v) is 8.77. The average molecular weight is 442 g/mol. The fourth-order valence-electron chi connectivity index (χ4n) is 5.07.